The van der Waals surface area contributed by atoms with Crippen LogP contribution in [-0.4, -0.2) is 46.4 Å². The smallest absolute Gasteiger partial charge is 0.302 e. The number of alkyl halides is 3. The Labute approximate surface area is 154 Å². The second-order valence-corrected chi connectivity index (χ2v) is 6.76. The van der Waals surface area contributed by atoms with Gasteiger partial charge < -0.3 is 10.0 Å². The van der Waals surface area contributed by atoms with Gasteiger partial charge in [0, 0.05) is 18.7 Å². The van der Waals surface area contributed by atoms with Gasteiger partial charge in [-0.1, -0.05) is 0 Å². The average Bonchev–Trinajstić information content (AvgIpc) is 2.77. The van der Waals surface area contributed by atoms with Gasteiger partial charge in [0.1, 0.15) is 5.54 Å². The highest BCUT2D eigenvalue weighted by molar-refractivity contribution is 7.80. The number of rotatable bonds is 6. The number of hydrogen-bond acceptors (Lipinski definition) is 4. The average molecular weight is 385 g/mol. The molecule has 1 amide bonds. The highest BCUT2D eigenvalue weighted by atomic mass is 32.1. The molecule has 0 bridgehead atoms. The van der Waals surface area contributed by atoms with Gasteiger partial charge in [-0.05, 0) is 50.7 Å². The van der Waals surface area contributed by atoms with Gasteiger partial charge in [0.2, 0.25) is 0 Å². The molecule has 0 unspecified atom stereocenters. The van der Waals surface area contributed by atoms with Crippen molar-refractivity contribution in [3.63, 3.8) is 0 Å². The minimum absolute atomic E-state index is 0.0432. The molecule has 1 fully saturated rings. The first-order chi connectivity index (χ1) is 12.1. The predicted octanol–water partition coefficient (Wildman–Crippen LogP) is 2.71. The van der Waals surface area contributed by atoms with Gasteiger partial charge in [-0.3, -0.25) is 9.69 Å². The van der Waals surface area contributed by atoms with Gasteiger partial charge in [0.15, 0.2) is 11.8 Å². The van der Waals surface area contributed by atoms with Crippen LogP contribution < -0.4 is 4.90 Å². The van der Waals surface area contributed by atoms with E-state index < -0.39 is 29.6 Å². The van der Waals surface area contributed by atoms with Crippen molar-refractivity contribution < 1.29 is 23.1 Å². The maximum Gasteiger partial charge on any atom is 0.302 e. The number of carbonyl (C=O) groups excluding carboxylic acids is 1. The molecule has 0 aliphatic carbocycles. The van der Waals surface area contributed by atoms with Crippen LogP contribution in [0.2, 0.25) is 0 Å². The van der Waals surface area contributed by atoms with Gasteiger partial charge in [0.05, 0.1) is 17.3 Å². The number of nitrogens with zero attached hydrogens (tertiary/aromatic N) is 3. The number of halogens is 3. The summed E-state index contributed by atoms with van der Waals surface area (Å²) in [7, 11) is 0. The summed E-state index contributed by atoms with van der Waals surface area (Å²) < 4.78 is 40.5. The van der Waals surface area contributed by atoms with E-state index in [0.717, 1.165) is 17.0 Å². The Morgan fingerprint density at radius 3 is 2.58 bits per heavy atom. The summed E-state index contributed by atoms with van der Waals surface area (Å²) in [5, 5.41) is 18.1. The molecule has 1 aliphatic heterocycles. The second-order valence-electron chi connectivity index (χ2n) is 6.39. The first-order valence-corrected chi connectivity index (χ1v) is 8.28. The van der Waals surface area contributed by atoms with E-state index in [9.17, 15) is 18.0 Å². The van der Waals surface area contributed by atoms with Gasteiger partial charge in [-0.2, -0.15) is 14.0 Å². The molecule has 0 saturated carbocycles. The van der Waals surface area contributed by atoms with Crippen LogP contribution in [0.5, 0.6) is 0 Å². The molecule has 0 radical (unpaired) electrons. The number of aliphatic hydroxyl groups excluding tert-OH is 1. The van der Waals surface area contributed by atoms with Crippen molar-refractivity contribution in [2.24, 2.45) is 0 Å². The minimum atomic E-state index is -3.85. The van der Waals surface area contributed by atoms with Gasteiger partial charge in [0.25, 0.3) is 5.91 Å². The van der Waals surface area contributed by atoms with Crippen LogP contribution in [0.4, 0.5) is 18.9 Å². The molecule has 1 saturated heterocycles. The highest BCUT2D eigenvalue weighted by Gasteiger charge is 2.49. The number of amides is 1. The summed E-state index contributed by atoms with van der Waals surface area (Å²) in [6.45, 7) is 1.54. The fraction of sp³-hybridized carbons (Fsp3) is 0.471. The zero-order valence-corrected chi connectivity index (χ0v) is 15.1. The van der Waals surface area contributed by atoms with Crippen molar-refractivity contribution in [1.29, 1.82) is 5.26 Å². The summed E-state index contributed by atoms with van der Waals surface area (Å²) in [4.78, 5) is 15.5. The molecule has 2 rings (SSSR count). The number of nitriles is 1. The molecule has 140 valence electrons. The Hall–Kier alpha value is -2.18. The van der Waals surface area contributed by atoms with E-state index in [4.69, 9.17) is 22.6 Å². The molecular formula is C17H18F3N3O2S. The molecule has 5 nitrogen and oxygen atoms in total. The molecule has 1 N–H and O–H groups in total. The number of carbonyl (C=O) groups is 1. The normalized spacial score (nSPS) is 17.0. The Morgan fingerprint density at radius 2 is 2.04 bits per heavy atom. The van der Waals surface area contributed by atoms with Crippen LogP contribution in [0.25, 0.3) is 0 Å². The first-order valence-electron chi connectivity index (χ1n) is 7.87. The SMILES string of the molecule is CC1(C)C(=O)N(c2ccc(C#N)c(C(F)(F)CF)c2)C(=S)N1CCCO. The lowest BCUT2D eigenvalue weighted by atomic mass is 10.0. The predicted molar refractivity (Wildman–Crippen MR) is 93.6 cm³/mol. The quantitative estimate of drug-likeness (QED) is 0.763. The summed E-state index contributed by atoms with van der Waals surface area (Å²) in [5.74, 6) is -4.28. The second kappa shape index (κ2) is 7.21. The maximum atomic E-state index is 13.9. The topological polar surface area (TPSA) is 67.6 Å². The number of hydrogen-bond donors (Lipinski definition) is 1. The first kappa shape index (κ1) is 20.1. The van der Waals surface area contributed by atoms with Crippen LogP contribution in [0.15, 0.2) is 18.2 Å². The van der Waals surface area contributed by atoms with Crippen LogP contribution in [-0.2, 0) is 10.7 Å². The molecular weight excluding hydrogens is 367 g/mol. The molecule has 0 aromatic heterocycles. The molecule has 1 aromatic rings. The maximum absolute atomic E-state index is 13.9. The van der Waals surface area contributed by atoms with E-state index >= 15 is 0 Å². The molecule has 9 heteroatoms. The molecule has 0 atom stereocenters. The van der Waals surface area contributed by atoms with E-state index in [-0.39, 0.29) is 23.0 Å². The van der Waals surface area contributed by atoms with Crippen molar-refractivity contribution in [3.8, 4) is 6.07 Å². The van der Waals surface area contributed by atoms with Crippen LogP contribution >= 0.6 is 12.2 Å². The van der Waals surface area contributed by atoms with Gasteiger partial charge in [-0.25, -0.2) is 4.39 Å². The van der Waals surface area contributed by atoms with Crippen molar-refractivity contribution >= 4 is 28.9 Å². The van der Waals surface area contributed by atoms with E-state index in [2.05, 4.69) is 0 Å². The molecule has 1 aromatic carbocycles. The fourth-order valence-corrected chi connectivity index (χ4v) is 3.32. The van der Waals surface area contributed by atoms with Crippen molar-refractivity contribution in [3.05, 3.63) is 29.3 Å². The Balaban J connectivity index is 2.52. The van der Waals surface area contributed by atoms with Crippen LogP contribution in [0.1, 0.15) is 31.4 Å². The zero-order chi connectivity index (χ0) is 19.7. The Bertz CT molecular complexity index is 777. The van der Waals surface area contributed by atoms with Crippen LogP contribution in [0.3, 0.4) is 0 Å². The lowest BCUT2D eigenvalue weighted by Crippen LogP contribution is -2.44. The third kappa shape index (κ3) is 3.27. The number of aliphatic hydroxyl groups is 1. The molecule has 1 aliphatic rings. The summed E-state index contributed by atoms with van der Waals surface area (Å²) >= 11 is 5.33. The lowest BCUT2D eigenvalue weighted by Gasteiger charge is -2.29. The van der Waals surface area contributed by atoms with Gasteiger partial charge >= 0.3 is 5.92 Å². The molecule has 26 heavy (non-hydrogen) atoms. The third-order valence-electron chi connectivity index (χ3n) is 4.31. The Kier molecular flexibility index (Phi) is 5.58. The van der Waals surface area contributed by atoms with Crippen molar-refractivity contribution in [2.45, 2.75) is 31.7 Å². The lowest BCUT2D eigenvalue weighted by molar-refractivity contribution is -0.123. The zero-order valence-electron chi connectivity index (χ0n) is 14.3. The largest absolute Gasteiger partial charge is 0.396 e. The summed E-state index contributed by atoms with van der Waals surface area (Å²) in [6.07, 6.45) is 0.378. The Morgan fingerprint density at radius 1 is 1.38 bits per heavy atom. The number of thiocarbonyl (C=S) groups is 1. The fourth-order valence-electron chi connectivity index (χ4n) is 2.81. The standard InChI is InChI=1S/C17H18F3N3O2S/c1-16(2)14(25)23(15(26)22(16)6-3-7-24)12-5-4-11(9-21)13(8-12)17(19,20)10-18/h4-5,8,24H,3,6-7,10H2,1-2H3. The van der Waals surface area contributed by atoms with Crippen molar-refractivity contribution in [1.82, 2.24) is 4.90 Å². The van der Waals surface area contributed by atoms with Crippen molar-refractivity contribution in [2.75, 3.05) is 24.7 Å². The third-order valence-corrected chi connectivity index (χ3v) is 4.71. The molecule has 1 heterocycles. The van der Waals surface area contributed by atoms with Crippen LogP contribution in [0, 0.1) is 11.3 Å². The van der Waals surface area contributed by atoms with E-state index in [0.29, 0.717) is 13.0 Å². The van der Waals surface area contributed by atoms with E-state index in [1.165, 1.54) is 6.07 Å². The summed E-state index contributed by atoms with van der Waals surface area (Å²) in [5.41, 5.74) is -2.14. The molecule has 0 spiro atoms. The minimum Gasteiger partial charge on any atom is -0.396 e. The van der Waals surface area contributed by atoms with E-state index in [1.54, 1.807) is 24.8 Å². The highest BCUT2D eigenvalue weighted by Crippen LogP contribution is 2.37. The number of benzene rings is 1. The summed E-state index contributed by atoms with van der Waals surface area (Å²) in [6, 6.07) is 4.98. The van der Waals surface area contributed by atoms with Gasteiger partial charge in [-0.15, -0.1) is 0 Å². The number of anilines is 1. The monoisotopic (exact) mass is 385 g/mol. The van der Waals surface area contributed by atoms with E-state index in [1.807, 2.05) is 0 Å².